The van der Waals surface area contributed by atoms with Gasteiger partial charge in [0.25, 0.3) is 0 Å². The van der Waals surface area contributed by atoms with Gasteiger partial charge in [0.15, 0.2) is 0 Å². The van der Waals surface area contributed by atoms with Crippen molar-refractivity contribution in [2.75, 3.05) is 13.2 Å². The Morgan fingerprint density at radius 3 is 2.87 bits per heavy atom. The van der Waals surface area contributed by atoms with Crippen LogP contribution in [0.4, 0.5) is 0 Å². The number of carbonyl (C=O) groups excluding carboxylic acids is 1. The third kappa shape index (κ3) is 5.78. The number of hydrogen-bond donors (Lipinski definition) is 1. The number of carbonyl (C=O) groups is 1. The topological polar surface area (TPSA) is 38.3 Å². The van der Waals surface area contributed by atoms with Gasteiger partial charge in [-0.2, -0.15) is 0 Å². The van der Waals surface area contributed by atoms with E-state index in [-0.39, 0.29) is 5.97 Å². The number of hydrogen-bond acceptors (Lipinski definition) is 3. The number of piperidine rings is 1. The van der Waals surface area contributed by atoms with Gasteiger partial charge in [-0.25, -0.2) is 0 Å². The summed E-state index contributed by atoms with van der Waals surface area (Å²) in [5.74, 6) is 0.339. The normalized spacial score (nSPS) is 21.7. The molecule has 0 saturated carbocycles. The summed E-state index contributed by atoms with van der Waals surface area (Å²) in [7, 11) is 0. The molecule has 88 valence electrons. The summed E-state index contributed by atoms with van der Waals surface area (Å²) in [6, 6.07) is 0.561. The van der Waals surface area contributed by atoms with Crippen LogP contribution in [0.15, 0.2) is 0 Å². The van der Waals surface area contributed by atoms with Crippen molar-refractivity contribution in [2.24, 2.45) is 5.92 Å². The predicted molar refractivity (Wildman–Crippen MR) is 60.7 cm³/mol. The zero-order chi connectivity index (χ0) is 11.1. The molecule has 0 aromatic carbocycles. The quantitative estimate of drug-likeness (QED) is 0.711. The highest BCUT2D eigenvalue weighted by atomic mass is 16.5. The van der Waals surface area contributed by atoms with Gasteiger partial charge in [-0.15, -0.1) is 0 Å². The van der Waals surface area contributed by atoms with Crippen LogP contribution in [-0.4, -0.2) is 25.2 Å². The average molecular weight is 213 g/mol. The highest BCUT2D eigenvalue weighted by Crippen LogP contribution is 2.10. The summed E-state index contributed by atoms with van der Waals surface area (Å²) < 4.78 is 5.18. The second-order valence-electron chi connectivity index (χ2n) is 4.75. The number of ether oxygens (including phenoxy) is 1. The molecule has 1 aliphatic heterocycles. The van der Waals surface area contributed by atoms with E-state index < -0.39 is 0 Å². The first kappa shape index (κ1) is 12.5. The Morgan fingerprint density at radius 1 is 1.47 bits per heavy atom. The second kappa shape index (κ2) is 6.83. The largest absolute Gasteiger partial charge is 0.466 e. The third-order valence-corrected chi connectivity index (χ3v) is 2.72. The number of nitrogens with one attached hydrogen (secondary N) is 1. The lowest BCUT2D eigenvalue weighted by Crippen LogP contribution is -2.35. The van der Waals surface area contributed by atoms with E-state index in [1.807, 2.05) is 13.8 Å². The first-order valence-corrected chi connectivity index (χ1v) is 6.07. The Labute approximate surface area is 92.6 Å². The molecule has 0 radical (unpaired) electrons. The fraction of sp³-hybridized carbons (Fsp3) is 0.917. The zero-order valence-corrected chi connectivity index (χ0v) is 9.92. The van der Waals surface area contributed by atoms with Gasteiger partial charge < -0.3 is 10.1 Å². The molecule has 15 heavy (non-hydrogen) atoms. The van der Waals surface area contributed by atoms with E-state index >= 15 is 0 Å². The maximum absolute atomic E-state index is 11.3. The Kier molecular flexibility index (Phi) is 5.69. The summed E-state index contributed by atoms with van der Waals surface area (Å²) in [6.45, 7) is 5.75. The van der Waals surface area contributed by atoms with E-state index in [1.54, 1.807) is 0 Å². The molecule has 0 aliphatic carbocycles. The Hall–Kier alpha value is -0.570. The van der Waals surface area contributed by atoms with Crippen LogP contribution in [0.3, 0.4) is 0 Å². The Bertz CT molecular complexity index is 186. The molecule has 1 unspecified atom stereocenters. The first-order chi connectivity index (χ1) is 7.18. The minimum absolute atomic E-state index is 0.0548. The highest BCUT2D eigenvalue weighted by Gasteiger charge is 2.13. The van der Waals surface area contributed by atoms with Gasteiger partial charge in [0.2, 0.25) is 0 Å². The van der Waals surface area contributed by atoms with Gasteiger partial charge in [-0.05, 0) is 31.7 Å². The van der Waals surface area contributed by atoms with Gasteiger partial charge in [0.05, 0.1) is 6.61 Å². The summed E-state index contributed by atoms with van der Waals surface area (Å²) in [5, 5.41) is 3.44. The maximum atomic E-state index is 11.3. The molecular weight excluding hydrogens is 190 g/mol. The molecule has 0 aromatic heterocycles. The van der Waals surface area contributed by atoms with E-state index in [1.165, 1.54) is 19.3 Å². The molecule has 1 rings (SSSR count). The van der Waals surface area contributed by atoms with Crippen LogP contribution in [0.5, 0.6) is 0 Å². The van der Waals surface area contributed by atoms with Crippen molar-refractivity contribution >= 4 is 5.97 Å². The van der Waals surface area contributed by atoms with E-state index in [0.29, 0.717) is 25.0 Å². The van der Waals surface area contributed by atoms with E-state index in [4.69, 9.17) is 4.74 Å². The van der Waals surface area contributed by atoms with Gasteiger partial charge in [0.1, 0.15) is 0 Å². The van der Waals surface area contributed by atoms with Crippen molar-refractivity contribution in [2.45, 2.75) is 52.0 Å². The van der Waals surface area contributed by atoms with Crippen LogP contribution in [0, 0.1) is 5.92 Å². The molecule has 1 saturated heterocycles. The lowest BCUT2D eigenvalue weighted by Gasteiger charge is -2.23. The van der Waals surface area contributed by atoms with Crippen LogP contribution in [0.1, 0.15) is 46.0 Å². The monoisotopic (exact) mass is 213 g/mol. The lowest BCUT2D eigenvalue weighted by atomic mass is 10.0. The Balaban J connectivity index is 2.02. The van der Waals surface area contributed by atoms with E-state index in [0.717, 1.165) is 13.0 Å². The van der Waals surface area contributed by atoms with Crippen molar-refractivity contribution in [3.05, 3.63) is 0 Å². The summed E-state index contributed by atoms with van der Waals surface area (Å²) in [6.07, 6.45) is 5.31. The fourth-order valence-electron chi connectivity index (χ4n) is 1.88. The van der Waals surface area contributed by atoms with Gasteiger partial charge >= 0.3 is 5.97 Å². The smallest absolute Gasteiger partial charge is 0.306 e. The van der Waals surface area contributed by atoms with Gasteiger partial charge in [-0.1, -0.05) is 20.3 Å². The van der Waals surface area contributed by atoms with Crippen molar-refractivity contribution in [3.63, 3.8) is 0 Å². The molecule has 0 bridgehead atoms. The predicted octanol–water partition coefficient (Wildman–Crippen LogP) is 2.11. The molecule has 1 aliphatic rings. The molecule has 1 heterocycles. The second-order valence-corrected chi connectivity index (χ2v) is 4.75. The highest BCUT2D eigenvalue weighted by molar-refractivity contribution is 5.69. The maximum Gasteiger partial charge on any atom is 0.306 e. The van der Waals surface area contributed by atoms with Crippen molar-refractivity contribution in [1.82, 2.24) is 5.32 Å². The Morgan fingerprint density at radius 2 is 2.27 bits per heavy atom. The molecule has 3 heteroatoms. The molecule has 1 fully saturated rings. The number of esters is 1. The zero-order valence-electron chi connectivity index (χ0n) is 9.92. The first-order valence-electron chi connectivity index (χ1n) is 6.07. The molecule has 1 atom stereocenters. The van der Waals surface area contributed by atoms with Crippen molar-refractivity contribution < 1.29 is 9.53 Å². The fourth-order valence-corrected chi connectivity index (χ4v) is 1.88. The average Bonchev–Trinajstić information content (AvgIpc) is 2.18. The lowest BCUT2D eigenvalue weighted by molar-refractivity contribution is -0.144. The molecule has 0 amide bonds. The molecular formula is C12H23NO2. The number of rotatable bonds is 5. The van der Waals surface area contributed by atoms with E-state index in [9.17, 15) is 4.79 Å². The van der Waals surface area contributed by atoms with Crippen LogP contribution in [0.25, 0.3) is 0 Å². The van der Waals surface area contributed by atoms with Gasteiger partial charge in [0, 0.05) is 12.5 Å². The summed E-state index contributed by atoms with van der Waals surface area (Å²) in [5.41, 5.74) is 0. The van der Waals surface area contributed by atoms with E-state index in [2.05, 4.69) is 5.32 Å². The molecule has 3 nitrogen and oxygen atoms in total. The summed E-state index contributed by atoms with van der Waals surface area (Å²) >= 11 is 0. The van der Waals surface area contributed by atoms with Crippen LogP contribution < -0.4 is 5.32 Å². The minimum Gasteiger partial charge on any atom is -0.466 e. The molecule has 0 aromatic rings. The standard InChI is InChI=1S/C12H23NO2/c1-10(2)9-12(14)15-8-6-11-5-3-4-7-13-11/h10-11,13H,3-9H2,1-2H3. The van der Waals surface area contributed by atoms with Crippen LogP contribution in [0.2, 0.25) is 0 Å². The van der Waals surface area contributed by atoms with Gasteiger partial charge in [-0.3, -0.25) is 4.79 Å². The molecule has 0 spiro atoms. The van der Waals surface area contributed by atoms with Crippen molar-refractivity contribution in [1.29, 1.82) is 0 Å². The molecule has 1 N–H and O–H groups in total. The van der Waals surface area contributed by atoms with Crippen LogP contribution in [-0.2, 0) is 9.53 Å². The third-order valence-electron chi connectivity index (χ3n) is 2.72. The van der Waals surface area contributed by atoms with Crippen LogP contribution >= 0.6 is 0 Å². The SMILES string of the molecule is CC(C)CC(=O)OCCC1CCCCN1. The van der Waals surface area contributed by atoms with Crippen molar-refractivity contribution in [3.8, 4) is 0 Å². The minimum atomic E-state index is -0.0548. The summed E-state index contributed by atoms with van der Waals surface area (Å²) in [4.78, 5) is 11.3.